The Morgan fingerprint density at radius 1 is 1.00 bits per heavy atom. The van der Waals surface area contributed by atoms with Crippen LogP contribution in [-0.2, 0) is 9.05 Å². The SMILES string of the molecule is CCCCO[PH+](O)OCCCC. The molecule has 0 saturated carbocycles. The molecular formula is C8H20O3P+. The molecule has 0 fully saturated rings. The minimum absolute atomic E-state index is 0.618. The fraction of sp³-hybridized carbons (Fsp3) is 1.00. The molecule has 0 aromatic heterocycles. The first-order valence-corrected chi connectivity index (χ1v) is 5.89. The van der Waals surface area contributed by atoms with Gasteiger partial charge in [-0.05, 0) is 12.8 Å². The summed E-state index contributed by atoms with van der Waals surface area (Å²) in [7, 11) is -1.93. The molecule has 74 valence electrons. The van der Waals surface area contributed by atoms with Crippen molar-refractivity contribution in [3.05, 3.63) is 0 Å². The highest BCUT2D eigenvalue weighted by Crippen LogP contribution is 2.32. The summed E-state index contributed by atoms with van der Waals surface area (Å²) in [5, 5.41) is 0. The van der Waals surface area contributed by atoms with E-state index in [0.717, 1.165) is 25.7 Å². The summed E-state index contributed by atoms with van der Waals surface area (Å²) >= 11 is 0. The Labute approximate surface area is 76.1 Å². The van der Waals surface area contributed by atoms with Gasteiger partial charge in [-0.2, -0.15) is 13.9 Å². The van der Waals surface area contributed by atoms with Crippen LogP contribution in [-0.4, -0.2) is 18.1 Å². The molecule has 0 aromatic rings. The van der Waals surface area contributed by atoms with Gasteiger partial charge in [0.25, 0.3) is 0 Å². The maximum absolute atomic E-state index is 9.16. The molecule has 0 radical (unpaired) electrons. The Morgan fingerprint density at radius 2 is 1.42 bits per heavy atom. The first-order chi connectivity index (χ1) is 5.81. The fourth-order valence-electron chi connectivity index (χ4n) is 0.649. The summed E-state index contributed by atoms with van der Waals surface area (Å²) in [6.45, 7) is 5.41. The molecule has 12 heavy (non-hydrogen) atoms. The normalized spacial score (nSPS) is 11.0. The number of hydrogen-bond acceptors (Lipinski definition) is 3. The minimum atomic E-state index is -1.93. The van der Waals surface area contributed by atoms with Gasteiger partial charge in [0.15, 0.2) is 0 Å². The van der Waals surface area contributed by atoms with Crippen LogP contribution >= 0.6 is 8.60 Å². The predicted octanol–water partition coefficient (Wildman–Crippen LogP) is 2.57. The smallest absolute Gasteiger partial charge is 0.194 e. The number of rotatable bonds is 8. The van der Waals surface area contributed by atoms with Crippen LogP contribution in [0.4, 0.5) is 0 Å². The van der Waals surface area contributed by atoms with Gasteiger partial charge in [0.2, 0.25) is 0 Å². The first kappa shape index (κ1) is 12.3. The Hall–Kier alpha value is 0.310. The summed E-state index contributed by atoms with van der Waals surface area (Å²) in [6.07, 6.45) is 4.16. The molecule has 0 aliphatic heterocycles. The van der Waals surface area contributed by atoms with Gasteiger partial charge >= 0.3 is 8.60 Å². The Bertz CT molecular complexity index is 80.4. The maximum atomic E-state index is 9.16. The lowest BCUT2D eigenvalue weighted by Crippen LogP contribution is -1.94. The quantitative estimate of drug-likeness (QED) is 0.478. The standard InChI is InChI=1S/C8H20O3P/c1-3-5-7-10-12(9)11-8-6-4-2/h9,12H,3-8H2,1-2H3/q+1. The molecule has 4 heteroatoms. The average Bonchev–Trinajstić information content (AvgIpc) is 2.06. The van der Waals surface area contributed by atoms with Crippen molar-refractivity contribution in [3.63, 3.8) is 0 Å². The zero-order chi connectivity index (χ0) is 9.23. The molecule has 0 atom stereocenters. The zero-order valence-corrected chi connectivity index (χ0v) is 9.01. The maximum Gasteiger partial charge on any atom is 0.395 e. The fourth-order valence-corrected chi connectivity index (χ4v) is 1.37. The Morgan fingerprint density at radius 3 is 1.75 bits per heavy atom. The van der Waals surface area contributed by atoms with Crippen molar-refractivity contribution >= 4 is 8.60 Å². The molecule has 0 rings (SSSR count). The molecule has 0 aromatic carbocycles. The lowest BCUT2D eigenvalue weighted by atomic mass is 10.4. The van der Waals surface area contributed by atoms with E-state index in [-0.39, 0.29) is 0 Å². The third-order valence-electron chi connectivity index (χ3n) is 1.45. The van der Waals surface area contributed by atoms with Gasteiger partial charge < -0.3 is 0 Å². The van der Waals surface area contributed by atoms with Crippen LogP contribution in [0, 0.1) is 0 Å². The average molecular weight is 195 g/mol. The molecule has 0 aliphatic carbocycles. The van der Waals surface area contributed by atoms with E-state index in [2.05, 4.69) is 13.8 Å². The van der Waals surface area contributed by atoms with Crippen molar-refractivity contribution in [2.45, 2.75) is 39.5 Å². The van der Waals surface area contributed by atoms with E-state index in [1.165, 1.54) is 0 Å². The number of hydrogen-bond donors (Lipinski definition) is 1. The second kappa shape index (κ2) is 9.40. The van der Waals surface area contributed by atoms with Crippen LogP contribution in [0.3, 0.4) is 0 Å². The van der Waals surface area contributed by atoms with Crippen LogP contribution in [0.25, 0.3) is 0 Å². The van der Waals surface area contributed by atoms with Crippen molar-refractivity contribution in [1.82, 2.24) is 0 Å². The zero-order valence-electron chi connectivity index (χ0n) is 8.01. The molecule has 0 spiro atoms. The molecule has 0 bridgehead atoms. The summed E-state index contributed by atoms with van der Waals surface area (Å²) in [4.78, 5) is 9.16. The van der Waals surface area contributed by atoms with Gasteiger partial charge in [0.05, 0.1) is 13.2 Å². The number of unbranched alkanes of at least 4 members (excludes halogenated alkanes) is 2. The molecule has 0 amide bonds. The lowest BCUT2D eigenvalue weighted by Gasteiger charge is -2.01. The van der Waals surface area contributed by atoms with Gasteiger partial charge in [0.1, 0.15) is 0 Å². The molecule has 0 unspecified atom stereocenters. The van der Waals surface area contributed by atoms with Crippen LogP contribution in [0.2, 0.25) is 0 Å². The second-order valence-electron chi connectivity index (χ2n) is 2.67. The molecule has 0 saturated heterocycles. The molecular weight excluding hydrogens is 175 g/mol. The predicted molar refractivity (Wildman–Crippen MR) is 52.3 cm³/mol. The van der Waals surface area contributed by atoms with Gasteiger partial charge in [-0.1, -0.05) is 26.7 Å². The van der Waals surface area contributed by atoms with E-state index in [0.29, 0.717) is 13.2 Å². The van der Waals surface area contributed by atoms with E-state index in [1.54, 1.807) is 0 Å². The monoisotopic (exact) mass is 195 g/mol. The van der Waals surface area contributed by atoms with Crippen molar-refractivity contribution in [2.24, 2.45) is 0 Å². The summed E-state index contributed by atoms with van der Waals surface area (Å²) in [5.41, 5.74) is 0. The topological polar surface area (TPSA) is 38.7 Å². The minimum Gasteiger partial charge on any atom is -0.194 e. The van der Waals surface area contributed by atoms with Crippen molar-refractivity contribution in [1.29, 1.82) is 0 Å². The van der Waals surface area contributed by atoms with E-state index in [1.807, 2.05) is 0 Å². The third-order valence-corrected chi connectivity index (χ3v) is 2.35. The van der Waals surface area contributed by atoms with Crippen molar-refractivity contribution in [2.75, 3.05) is 13.2 Å². The highest BCUT2D eigenvalue weighted by Gasteiger charge is 2.12. The van der Waals surface area contributed by atoms with Crippen LogP contribution < -0.4 is 0 Å². The van der Waals surface area contributed by atoms with Crippen LogP contribution in [0.1, 0.15) is 39.5 Å². The van der Waals surface area contributed by atoms with Crippen LogP contribution in [0.5, 0.6) is 0 Å². The highest BCUT2D eigenvalue weighted by molar-refractivity contribution is 7.40. The first-order valence-electron chi connectivity index (χ1n) is 4.62. The Balaban J connectivity index is 3.04. The van der Waals surface area contributed by atoms with E-state index in [9.17, 15) is 0 Å². The molecule has 3 nitrogen and oxygen atoms in total. The second-order valence-corrected chi connectivity index (χ2v) is 3.78. The van der Waals surface area contributed by atoms with Crippen LogP contribution in [0.15, 0.2) is 0 Å². The highest BCUT2D eigenvalue weighted by atomic mass is 31.2. The van der Waals surface area contributed by atoms with Crippen molar-refractivity contribution < 1.29 is 13.9 Å². The van der Waals surface area contributed by atoms with Gasteiger partial charge in [-0.15, -0.1) is 0 Å². The largest absolute Gasteiger partial charge is 0.395 e. The van der Waals surface area contributed by atoms with Gasteiger partial charge in [-0.3, -0.25) is 0 Å². The van der Waals surface area contributed by atoms with Crippen molar-refractivity contribution in [3.8, 4) is 0 Å². The third kappa shape index (κ3) is 8.41. The summed E-state index contributed by atoms with van der Waals surface area (Å²) in [5.74, 6) is 0. The van der Waals surface area contributed by atoms with E-state index < -0.39 is 8.60 Å². The summed E-state index contributed by atoms with van der Waals surface area (Å²) < 4.78 is 10.1. The van der Waals surface area contributed by atoms with Gasteiger partial charge in [0, 0.05) is 0 Å². The lowest BCUT2D eigenvalue weighted by molar-refractivity contribution is 0.196. The molecule has 0 heterocycles. The molecule has 0 aliphatic rings. The molecule has 1 N–H and O–H groups in total. The summed E-state index contributed by atoms with van der Waals surface area (Å²) in [6, 6.07) is 0. The Kier molecular flexibility index (Phi) is 9.64. The van der Waals surface area contributed by atoms with E-state index in [4.69, 9.17) is 13.9 Å². The van der Waals surface area contributed by atoms with E-state index >= 15 is 0 Å². The van der Waals surface area contributed by atoms with Gasteiger partial charge in [-0.25, -0.2) is 0 Å².